The number of ether oxygens (including phenoxy) is 1. The highest BCUT2D eigenvalue weighted by atomic mass is 16.5. The van der Waals surface area contributed by atoms with Crippen LogP contribution in [0.15, 0.2) is 42.0 Å². The standard InChI is InChI=1S/C42H66O2/c1-7-8-10-18-33(27-32-16-11-9-12-17-32)28-40(43)44-35-23-25-41(5)34(29-35)19-20-36-38-22-21-37(31(4)15-13-14-30(2)3)42(38,6)26-24-39(36)41/h9,11-12,16-17,19,30-31,33,35-39H,7-8,10,13-15,18,20-29H2,1-6H3/t31-,33?,35+,36+,37-,38+,39+,41+,42-/m0/s1. The molecule has 0 aromatic heterocycles. The first kappa shape index (κ1) is 33.8. The highest BCUT2D eigenvalue weighted by molar-refractivity contribution is 5.70. The monoisotopic (exact) mass is 603 g/mol. The van der Waals surface area contributed by atoms with Crippen molar-refractivity contribution in [3.63, 3.8) is 0 Å². The lowest BCUT2D eigenvalue weighted by atomic mass is 9.47. The molecule has 2 nitrogen and oxygen atoms in total. The Morgan fingerprint density at radius 2 is 1.70 bits per heavy atom. The van der Waals surface area contributed by atoms with Crippen LogP contribution in [-0.2, 0) is 16.0 Å². The van der Waals surface area contributed by atoms with E-state index in [1.165, 1.54) is 82.6 Å². The van der Waals surface area contributed by atoms with E-state index in [-0.39, 0.29) is 12.1 Å². The zero-order valence-electron chi connectivity index (χ0n) is 29.4. The Morgan fingerprint density at radius 1 is 0.909 bits per heavy atom. The summed E-state index contributed by atoms with van der Waals surface area (Å²) in [4.78, 5) is 13.3. The molecule has 1 unspecified atom stereocenters. The van der Waals surface area contributed by atoms with Crippen molar-refractivity contribution >= 4 is 5.97 Å². The number of allylic oxidation sites excluding steroid dienone is 1. The number of carbonyl (C=O) groups is 1. The Bertz CT molecular complexity index is 1090. The molecule has 0 N–H and O–H groups in total. The van der Waals surface area contributed by atoms with E-state index in [1.807, 2.05) is 0 Å². The highest BCUT2D eigenvalue weighted by Gasteiger charge is 2.59. The van der Waals surface area contributed by atoms with Crippen LogP contribution >= 0.6 is 0 Å². The molecule has 0 saturated heterocycles. The predicted molar refractivity (Wildman–Crippen MR) is 185 cm³/mol. The number of carbonyl (C=O) groups excluding carboxylic acids is 1. The van der Waals surface area contributed by atoms with Crippen molar-refractivity contribution in [1.29, 1.82) is 0 Å². The summed E-state index contributed by atoms with van der Waals surface area (Å²) < 4.78 is 6.29. The average Bonchev–Trinajstić information content (AvgIpc) is 3.35. The van der Waals surface area contributed by atoms with Crippen molar-refractivity contribution in [2.24, 2.45) is 52.3 Å². The van der Waals surface area contributed by atoms with Crippen LogP contribution in [0.25, 0.3) is 0 Å². The van der Waals surface area contributed by atoms with Gasteiger partial charge in [-0.1, -0.05) is 122 Å². The van der Waals surface area contributed by atoms with Gasteiger partial charge in [-0.05, 0) is 116 Å². The number of fused-ring (bicyclic) bond motifs is 5. The van der Waals surface area contributed by atoms with Gasteiger partial charge in [0.25, 0.3) is 0 Å². The van der Waals surface area contributed by atoms with Crippen molar-refractivity contribution in [2.45, 2.75) is 157 Å². The van der Waals surface area contributed by atoms with Crippen molar-refractivity contribution in [1.82, 2.24) is 0 Å². The van der Waals surface area contributed by atoms with Gasteiger partial charge >= 0.3 is 5.97 Å². The molecule has 5 rings (SSSR count). The minimum absolute atomic E-state index is 0.0401. The van der Waals surface area contributed by atoms with E-state index in [1.54, 1.807) is 5.57 Å². The second kappa shape index (κ2) is 14.9. The van der Waals surface area contributed by atoms with E-state index in [2.05, 4.69) is 78.0 Å². The maximum absolute atomic E-state index is 13.3. The van der Waals surface area contributed by atoms with Gasteiger partial charge in [-0.25, -0.2) is 0 Å². The van der Waals surface area contributed by atoms with Gasteiger partial charge < -0.3 is 4.74 Å². The molecular formula is C42H66O2. The third kappa shape index (κ3) is 7.52. The van der Waals surface area contributed by atoms with Gasteiger partial charge in [-0.3, -0.25) is 4.79 Å². The first-order valence-electron chi connectivity index (χ1n) is 19.1. The molecule has 4 aliphatic carbocycles. The molecule has 246 valence electrons. The van der Waals surface area contributed by atoms with Crippen LogP contribution < -0.4 is 0 Å². The fourth-order valence-corrected chi connectivity index (χ4v) is 11.1. The summed E-state index contributed by atoms with van der Waals surface area (Å²) in [6.07, 6.45) is 23.5. The largest absolute Gasteiger partial charge is 0.462 e. The van der Waals surface area contributed by atoms with E-state index < -0.39 is 0 Å². The summed E-state index contributed by atoms with van der Waals surface area (Å²) in [5.41, 5.74) is 3.83. The maximum atomic E-state index is 13.3. The lowest BCUT2D eigenvalue weighted by Gasteiger charge is -2.58. The molecule has 0 bridgehead atoms. The summed E-state index contributed by atoms with van der Waals surface area (Å²) >= 11 is 0. The van der Waals surface area contributed by atoms with Crippen LogP contribution in [-0.4, -0.2) is 12.1 Å². The Hall–Kier alpha value is -1.57. The van der Waals surface area contributed by atoms with Gasteiger partial charge in [0, 0.05) is 12.8 Å². The molecule has 1 aromatic rings. The number of benzene rings is 1. The van der Waals surface area contributed by atoms with Crippen LogP contribution in [0.1, 0.15) is 150 Å². The van der Waals surface area contributed by atoms with Crippen molar-refractivity contribution in [3.8, 4) is 0 Å². The molecule has 9 atom stereocenters. The zero-order chi connectivity index (χ0) is 31.3. The molecule has 3 fully saturated rings. The lowest BCUT2D eigenvalue weighted by molar-refractivity contribution is -0.152. The smallest absolute Gasteiger partial charge is 0.306 e. The van der Waals surface area contributed by atoms with Gasteiger partial charge in [0.15, 0.2) is 0 Å². The van der Waals surface area contributed by atoms with Crippen molar-refractivity contribution < 1.29 is 9.53 Å². The summed E-state index contributed by atoms with van der Waals surface area (Å²) in [6.45, 7) is 14.9. The van der Waals surface area contributed by atoms with E-state index in [0.717, 1.165) is 61.2 Å². The predicted octanol–water partition coefficient (Wildman–Crippen LogP) is 11.8. The number of hydrogen-bond acceptors (Lipinski definition) is 2. The minimum Gasteiger partial charge on any atom is -0.462 e. The quantitative estimate of drug-likeness (QED) is 0.120. The summed E-state index contributed by atoms with van der Waals surface area (Å²) in [7, 11) is 0. The van der Waals surface area contributed by atoms with Gasteiger partial charge in [-0.2, -0.15) is 0 Å². The molecule has 1 aromatic carbocycles. The second-order valence-corrected chi connectivity index (χ2v) is 16.9. The van der Waals surface area contributed by atoms with Crippen LogP contribution in [0.4, 0.5) is 0 Å². The van der Waals surface area contributed by atoms with Gasteiger partial charge in [-0.15, -0.1) is 0 Å². The van der Waals surface area contributed by atoms with E-state index in [0.29, 0.717) is 23.2 Å². The number of unbranched alkanes of at least 4 members (excludes halogenated alkanes) is 2. The number of rotatable bonds is 14. The molecule has 0 aliphatic heterocycles. The topological polar surface area (TPSA) is 26.3 Å². The molecule has 3 saturated carbocycles. The third-order valence-electron chi connectivity index (χ3n) is 13.6. The second-order valence-electron chi connectivity index (χ2n) is 16.9. The van der Waals surface area contributed by atoms with Gasteiger partial charge in [0.05, 0.1) is 0 Å². The minimum atomic E-state index is 0.0401. The number of esters is 1. The number of hydrogen-bond donors (Lipinski definition) is 0. The SMILES string of the molecule is CCCCCC(CC(=O)O[C@@H]1CC[C@]2(C)C(=CC[C@@H]3[C@H]4CC[C@@H]([C@@H](C)CCCC(C)C)[C@]4(C)CC[C@H]32)C1)Cc1ccccc1. The van der Waals surface area contributed by atoms with Gasteiger partial charge in [0.2, 0.25) is 0 Å². The normalized spacial score (nSPS) is 34.4. The Kier molecular flexibility index (Phi) is 11.4. The van der Waals surface area contributed by atoms with E-state index in [9.17, 15) is 4.79 Å². The van der Waals surface area contributed by atoms with E-state index in [4.69, 9.17) is 4.74 Å². The van der Waals surface area contributed by atoms with Crippen molar-refractivity contribution in [3.05, 3.63) is 47.5 Å². The first-order valence-corrected chi connectivity index (χ1v) is 19.1. The molecule has 2 heteroatoms. The van der Waals surface area contributed by atoms with Crippen molar-refractivity contribution in [2.75, 3.05) is 0 Å². The van der Waals surface area contributed by atoms with Crippen LogP contribution in [0.2, 0.25) is 0 Å². The molecule has 44 heavy (non-hydrogen) atoms. The molecule has 0 amide bonds. The zero-order valence-corrected chi connectivity index (χ0v) is 29.4. The fraction of sp³-hybridized carbons (Fsp3) is 0.786. The molecular weight excluding hydrogens is 536 g/mol. The Balaban J connectivity index is 1.18. The van der Waals surface area contributed by atoms with Crippen LogP contribution in [0.5, 0.6) is 0 Å². The Morgan fingerprint density at radius 3 is 2.45 bits per heavy atom. The summed E-state index contributed by atoms with van der Waals surface area (Å²) in [5.74, 6) is 5.62. The van der Waals surface area contributed by atoms with E-state index >= 15 is 0 Å². The first-order chi connectivity index (χ1) is 21.1. The van der Waals surface area contributed by atoms with Crippen LogP contribution in [0.3, 0.4) is 0 Å². The molecule has 0 radical (unpaired) electrons. The summed E-state index contributed by atoms with van der Waals surface area (Å²) in [5, 5.41) is 0. The maximum Gasteiger partial charge on any atom is 0.306 e. The molecule has 0 heterocycles. The average molecular weight is 603 g/mol. The lowest BCUT2D eigenvalue weighted by Crippen LogP contribution is -2.51. The fourth-order valence-electron chi connectivity index (χ4n) is 11.1. The Labute approximate surface area is 271 Å². The van der Waals surface area contributed by atoms with Crippen LogP contribution in [0, 0.1) is 52.3 Å². The third-order valence-corrected chi connectivity index (χ3v) is 13.6. The molecule has 0 spiro atoms. The summed E-state index contributed by atoms with van der Waals surface area (Å²) in [6, 6.07) is 10.7. The van der Waals surface area contributed by atoms with Gasteiger partial charge in [0.1, 0.15) is 6.10 Å². The molecule has 4 aliphatic rings. The highest BCUT2D eigenvalue weighted by Crippen LogP contribution is 2.67.